The summed E-state index contributed by atoms with van der Waals surface area (Å²) < 4.78 is 43.7. The fraction of sp³-hybridized carbons (Fsp3) is 0.543. The molecule has 4 aromatic rings. The van der Waals surface area contributed by atoms with Gasteiger partial charge in [-0.25, -0.2) is 13.6 Å². The Morgan fingerprint density at radius 1 is 1.12 bits per heavy atom. The number of fused-ring (bicyclic) bond motifs is 5. The van der Waals surface area contributed by atoms with Gasteiger partial charge in [0.1, 0.15) is 29.7 Å². The van der Waals surface area contributed by atoms with Gasteiger partial charge in [0.25, 0.3) is 0 Å². The van der Waals surface area contributed by atoms with E-state index in [-0.39, 0.29) is 46.9 Å². The van der Waals surface area contributed by atoms with Gasteiger partial charge in [0, 0.05) is 48.0 Å². The molecule has 2 aromatic heterocycles. The SMILES string of the molecule is Cc1ccc2[nH]ncc2c1-c1c(Cl)cc2c(N3CC4CCC(C3)N4C(=O)OC(C)(C)C)nc(OC[C@@]34CCCN3C[C@H](F)C4)nc2c1F. The molecule has 4 aliphatic heterocycles. The van der Waals surface area contributed by atoms with Crippen LogP contribution in [0.3, 0.4) is 0 Å². The van der Waals surface area contributed by atoms with Crippen molar-refractivity contribution in [3.63, 3.8) is 0 Å². The van der Waals surface area contributed by atoms with Crippen molar-refractivity contribution in [3.8, 4) is 17.1 Å². The van der Waals surface area contributed by atoms with Crippen LogP contribution in [0.5, 0.6) is 6.01 Å². The Hall–Kier alpha value is -3.77. The second kappa shape index (κ2) is 11.4. The van der Waals surface area contributed by atoms with Crippen LogP contribution in [-0.4, -0.2) is 98.2 Å². The number of H-pyrrole nitrogens is 1. The highest BCUT2D eigenvalue weighted by Crippen LogP contribution is 2.44. The van der Waals surface area contributed by atoms with E-state index in [2.05, 4.69) is 25.0 Å². The molecule has 4 saturated heterocycles. The van der Waals surface area contributed by atoms with E-state index in [1.54, 1.807) is 12.3 Å². The van der Waals surface area contributed by atoms with Crippen LogP contribution in [0, 0.1) is 12.7 Å². The average molecular weight is 680 g/mol. The fourth-order valence-electron chi connectivity index (χ4n) is 8.49. The van der Waals surface area contributed by atoms with Gasteiger partial charge in [-0.1, -0.05) is 17.7 Å². The Bertz CT molecular complexity index is 1920. The van der Waals surface area contributed by atoms with E-state index in [0.717, 1.165) is 48.7 Å². The van der Waals surface area contributed by atoms with Crippen LogP contribution >= 0.6 is 11.6 Å². The van der Waals surface area contributed by atoms with E-state index in [1.807, 2.05) is 44.7 Å². The molecule has 48 heavy (non-hydrogen) atoms. The zero-order chi connectivity index (χ0) is 33.5. The molecule has 254 valence electrons. The number of anilines is 1. The second-order valence-electron chi connectivity index (χ2n) is 14.9. The molecule has 2 aromatic carbocycles. The third-order valence-corrected chi connectivity index (χ3v) is 10.8. The van der Waals surface area contributed by atoms with E-state index in [4.69, 9.17) is 26.1 Å². The lowest BCUT2D eigenvalue weighted by Crippen LogP contribution is -2.57. The monoisotopic (exact) mass is 679 g/mol. The number of nitrogens with one attached hydrogen (secondary N) is 1. The summed E-state index contributed by atoms with van der Waals surface area (Å²) >= 11 is 6.96. The van der Waals surface area contributed by atoms with Crippen molar-refractivity contribution in [2.45, 2.75) is 89.2 Å². The summed E-state index contributed by atoms with van der Waals surface area (Å²) in [5.74, 6) is -0.0830. The molecule has 0 spiro atoms. The summed E-state index contributed by atoms with van der Waals surface area (Å²) in [6, 6.07) is 5.38. The predicted octanol–water partition coefficient (Wildman–Crippen LogP) is 6.82. The van der Waals surface area contributed by atoms with Crippen LogP contribution in [0.15, 0.2) is 24.4 Å². The first-order chi connectivity index (χ1) is 22.9. The summed E-state index contributed by atoms with van der Waals surface area (Å²) in [5.41, 5.74) is 1.53. The van der Waals surface area contributed by atoms with Crippen molar-refractivity contribution < 1.29 is 23.0 Å². The van der Waals surface area contributed by atoms with Gasteiger partial charge in [-0.15, -0.1) is 0 Å². The summed E-state index contributed by atoms with van der Waals surface area (Å²) in [5, 5.41) is 8.58. The number of hydrogen-bond acceptors (Lipinski definition) is 8. The number of nitrogens with zero attached hydrogens (tertiary/aromatic N) is 6. The van der Waals surface area contributed by atoms with Crippen molar-refractivity contribution in [2.75, 3.05) is 37.7 Å². The maximum absolute atomic E-state index is 17.0. The van der Waals surface area contributed by atoms with Gasteiger partial charge < -0.3 is 14.4 Å². The zero-order valence-electron chi connectivity index (χ0n) is 27.7. The first-order valence-electron chi connectivity index (χ1n) is 16.8. The van der Waals surface area contributed by atoms with Crippen molar-refractivity contribution in [1.29, 1.82) is 0 Å². The number of carbonyl (C=O) groups excluding carboxylic acids is 1. The van der Waals surface area contributed by atoms with E-state index in [1.165, 1.54) is 0 Å². The number of piperazine rings is 1. The fourth-order valence-corrected chi connectivity index (χ4v) is 8.78. The molecule has 4 aliphatic rings. The molecule has 8 rings (SSSR count). The Kier molecular flexibility index (Phi) is 7.48. The van der Waals surface area contributed by atoms with Crippen LogP contribution in [0.4, 0.5) is 19.4 Å². The minimum absolute atomic E-state index is 0.0355. The third-order valence-electron chi connectivity index (χ3n) is 10.5. The molecule has 0 radical (unpaired) electrons. The van der Waals surface area contributed by atoms with E-state index < -0.39 is 23.1 Å². The first-order valence-corrected chi connectivity index (χ1v) is 17.2. The Morgan fingerprint density at radius 2 is 1.90 bits per heavy atom. The summed E-state index contributed by atoms with van der Waals surface area (Å²) in [6.45, 7) is 9.90. The van der Waals surface area contributed by atoms with Crippen LogP contribution in [0.1, 0.15) is 58.4 Å². The first kappa shape index (κ1) is 31.5. The lowest BCUT2D eigenvalue weighted by Gasteiger charge is -2.42. The summed E-state index contributed by atoms with van der Waals surface area (Å²) in [4.78, 5) is 28.9. The minimum atomic E-state index is -0.908. The van der Waals surface area contributed by atoms with Gasteiger partial charge in [0.15, 0.2) is 5.82 Å². The standard InChI is InChI=1S/C35H40ClF2N7O3/c1-19-6-9-26-24(14-39-42-26)27(19)28-25(36)12-23-30(29(28)38)40-32(47-18-35-10-5-11-44(35)15-20(37)13-35)41-31(23)43-16-21-7-8-22(17-43)45(21)33(46)48-34(2,3)4/h6,9,12,14,20-22H,5,7-8,10-11,13,15-18H2,1-4H3,(H,39,42)/t20-,21?,22?,35+/m1/s1. The van der Waals surface area contributed by atoms with Gasteiger partial charge in [-0.3, -0.25) is 14.9 Å². The Labute approximate surface area is 282 Å². The van der Waals surface area contributed by atoms with E-state index >= 15 is 4.39 Å². The normalized spacial score (nSPS) is 25.8. The Balaban J connectivity index is 1.22. The molecule has 4 fully saturated rings. The molecule has 4 atom stereocenters. The number of amides is 1. The van der Waals surface area contributed by atoms with Crippen molar-refractivity contribution >= 4 is 45.3 Å². The lowest BCUT2D eigenvalue weighted by atomic mass is 9.95. The highest BCUT2D eigenvalue weighted by Gasteiger charge is 2.50. The molecule has 13 heteroatoms. The second-order valence-corrected chi connectivity index (χ2v) is 15.3. The molecule has 6 heterocycles. The van der Waals surface area contributed by atoms with Gasteiger partial charge in [-0.2, -0.15) is 15.1 Å². The highest BCUT2D eigenvalue weighted by atomic mass is 35.5. The Morgan fingerprint density at radius 3 is 2.65 bits per heavy atom. The number of aromatic nitrogens is 4. The summed E-state index contributed by atoms with van der Waals surface area (Å²) in [6.07, 6.45) is 4.28. The number of benzene rings is 2. The molecule has 0 saturated carbocycles. The number of ether oxygens (including phenoxy) is 2. The number of carbonyl (C=O) groups is 1. The number of hydrogen-bond donors (Lipinski definition) is 1. The number of alkyl halides is 1. The molecule has 10 nitrogen and oxygen atoms in total. The van der Waals surface area contributed by atoms with Gasteiger partial charge >= 0.3 is 12.1 Å². The molecular weight excluding hydrogens is 640 g/mol. The third kappa shape index (κ3) is 5.22. The average Bonchev–Trinajstić information content (AvgIpc) is 3.77. The summed E-state index contributed by atoms with van der Waals surface area (Å²) in [7, 11) is 0. The zero-order valence-corrected chi connectivity index (χ0v) is 28.4. The van der Waals surface area contributed by atoms with Gasteiger partial charge in [0.2, 0.25) is 0 Å². The van der Waals surface area contributed by atoms with E-state index in [0.29, 0.717) is 42.8 Å². The van der Waals surface area contributed by atoms with Crippen molar-refractivity contribution in [3.05, 3.63) is 40.8 Å². The molecule has 0 aliphatic carbocycles. The van der Waals surface area contributed by atoms with Crippen molar-refractivity contribution in [2.24, 2.45) is 0 Å². The number of aryl methyl sites for hydroxylation is 1. The number of halogens is 3. The lowest BCUT2D eigenvalue weighted by molar-refractivity contribution is 0.0122. The number of rotatable bonds is 5. The molecular formula is C35H40ClF2N7O3. The van der Waals surface area contributed by atoms with Gasteiger partial charge in [0.05, 0.1) is 34.4 Å². The minimum Gasteiger partial charge on any atom is -0.461 e. The van der Waals surface area contributed by atoms with Crippen LogP contribution in [0.25, 0.3) is 32.9 Å². The molecule has 2 unspecified atom stereocenters. The largest absolute Gasteiger partial charge is 0.461 e. The van der Waals surface area contributed by atoms with E-state index in [9.17, 15) is 9.18 Å². The van der Waals surface area contributed by atoms with Crippen LogP contribution in [-0.2, 0) is 4.74 Å². The quantitative estimate of drug-likeness (QED) is 0.246. The molecule has 1 N–H and O–H groups in total. The molecule has 2 bridgehead atoms. The highest BCUT2D eigenvalue weighted by molar-refractivity contribution is 6.35. The smallest absolute Gasteiger partial charge is 0.410 e. The topological polar surface area (TPSA) is 99.7 Å². The maximum Gasteiger partial charge on any atom is 0.410 e. The van der Waals surface area contributed by atoms with Crippen LogP contribution < -0.4 is 9.64 Å². The van der Waals surface area contributed by atoms with Gasteiger partial charge in [-0.05, 0) is 77.6 Å². The van der Waals surface area contributed by atoms with Crippen molar-refractivity contribution in [1.82, 2.24) is 30.0 Å². The maximum atomic E-state index is 17.0. The number of aromatic amines is 1. The predicted molar refractivity (Wildman–Crippen MR) is 180 cm³/mol. The van der Waals surface area contributed by atoms with Crippen LogP contribution in [0.2, 0.25) is 5.02 Å². The molecule has 1 amide bonds.